The van der Waals surface area contributed by atoms with Crippen LogP contribution in [0.1, 0.15) is 56.8 Å². The van der Waals surface area contributed by atoms with Crippen LogP contribution >= 0.6 is 0 Å². The molecule has 2 amide bonds. The summed E-state index contributed by atoms with van der Waals surface area (Å²) in [4.78, 5) is 26.4. The molecule has 1 aromatic carbocycles. The van der Waals surface area contributed by atoms with Crippen LogP contribution in [0.15, 0.2) is 34.3 Å². The van der Waals surface area contributed by atoms with E-state index in [1.165, 1.54) is 24.3 Å². The lowest BCUT2D eigenvalue weighted by Gasteiger charge is -2.19. The normalized spacial score (nSPS) is 11.4. The highest BCUT2D eigenvalue weighted by Gasteiger charge is 2.17. The number of hydrogen-bond acceptors (Lipinski definition) is 9. The predicted octanol–water partition coefficient (Wildman–Crippen LogP) is 3.55. The first-order valence-electron chi connectivity index (χ1n) is 12.5. The summed E-state index contributed by atoms with van der Waals surface area (Å²) in [5.41, 5.74) is 7.88. The molecular formula is C24H39N5O8S. The van der Waals surface area contributed by atoms with Crippen molar-refractivity contribution in [3.8, 4) is 0 Å². The summed E-state index contributed by atoms with van der Waals surface area (Å²) in [7, 11) is -4.06. The third-order valence-corrected chi connectivity index (χ3v) is 5.98. The van der Waals surface area contributed by atoms with Crippen molar-refractivity contribution < 1.29 is 36.4 Å². The largest absolute Gasteiger partial charge is 0.444 e. The topological polar surface area (TPSA) is 178 Å². The molecule has 1 aromatic rings. The molecule has 214 valence electrons. The Labute approximate surface area is 224 Å². The van der Waals surface area contributed by atoms with Gasteiger partial charge >= 0.3 is 6.09 Å². The van der Waals surface area contributed by atoms with Crippen molar-refractivity contribution in [2.24, 2.45) is 5.11 Å². The Morgan fingerprint density at radius 1 is 0.947 bits per heavy atom. The Balaban J connectivity index is 2.23. The Morgan fingerprint density at radius 2 is 1.63 bits per heavy atom. The maximum Gasteiger partial charge on any atom is 0.407 e. The molecule has 0 atom stereocenters. The number of alkyl carbamates (subject to hydrolysis) is 1. The average molecular weight is 558 g/mol. The molecular weight excluding hydrogens is 518 g/mol. The number of carbonyl (C=O) groups excluding carboxylic acids is 2. The van der Waals surface area contributed by atoms with Crippen LogP contribution in [0.5, 0.6) is 0 Å². The van der Waals surface area contributed by atoms with Gasteiger partial charge in [0, 0.05) is 30.1 Å². The van der Waals surface area contributed by atoms with Gasteiger partial charge in [0.1, 0.15) is 5.60 Å². The van der Waals surface area contributed by atoms with E-state index in [0.717, 1.165) is 25.7 Å². The number of carbonyl (C=O) groups is 2. The van der Waals surface area contributed by atoms with E-state index in [4.69, 9.17) is 23.9 Å². The van der Waals surface area contributed by atoms with Gasteiger partial charge in [0.2, 0.25) is 0 Å². The zero-order chi connectivity index (χ0) is 28.3. The molecule has 0 bridgehead atoms. The van der Waals surface area contributed by atoms with Crippen molar-refractivity contribution >= 4 is 22.1 Å². The van der Waals surface area contributed by atoms with Gasteiger partial charge in [-0.1, -0.05) is 24.0 Å². The van der Waals surface area contributed by atoms with Gasteiger partial charge in [-0.2, -0.15) is 8.42 Å². The van der Waals surface area contributed by atoms with E-state index < -0.39 is 21.8 Å². The van der Waals surface area contributed by atoms with E-state index in [9.17, 15) is 18.0 Å². The second-order valence-corrected chi connectivity index (χ2v) is 10.7. The maximum absolute atomic E-state index is 12.5. The number of rotatable bonds is 19. The number of ether oxygens (including phenoxy) is 3. The molecule has 0 aliphatic carbocycles. The van der Waals surface area contributed by atoms with E-state index in [-0.39, 0.29) is 55.9 Å². The molecule has 0 saturated heterocycles. The molecule has 0 unspecified atom stereocenters. The molecule has 38 heavy (non-hydrogen) atoms. The Hall–Kier alpha value is -2.90. The van der Waals surface area contributed by atoms with Crippen LogP contribution in [0.3, 0.4) is 0 Å². The number of nitrogens with one attached hydrogen (secondary N) is 2. The fourth-order valence-corrected chi connectivity index (χ4v) is 3.87. The number of hydrogen-bond donors (Lipinski definition) is 2. The van der Waals surface area contributed by atoms with E-state index in [2.05, 4.69) is 20.7 Å². The average Bonchev–Trinajstić information content (AvgIpc) is 2.85. The standard InChI is InChI=1S/C24H39N5O8S/c1-24(2,3)37-23(31)27-13-14-34-15-16-35-17-18-36-38(32,33)21-10-8-9-20(19-21)22(30)26-11-6-4-5-7-12-28-29-25/h8-10,19H,4-7,11-18H2,1-3H3,(H,26,30)(H,27,31). The second kappa shape index (κ2) is 18.4. The maximum atomic E-state index is 12.5. The van der Waals surface area contributed by atoms with E-state index in [1.54, 1.807) is 20.8 Å². The molecule has 0 heterocycles. The zero-order valence-corrected chi connectivity index (χ0v) is 23.1. The lowest BCUT2D eigenvalue weighted by atomic mass is 10.2. The third kappa shape index (κ3) is 16.0. The summed E-state index contributed by atoms with van der Waals surface area (Å²) < 4.78 is 45.6. The molecule has 0 fully saturated rings. The summed E-state index contributed by atoms with van der Waals surface area (Å²) in [6, 6.07) is 5.63. The van der Waals surface area contributed by atoms with Crippen molar-refractivity contribution in [3.63, 3.8) is 0 Å². The highest BCUT2D eigenvalue weighted by atomic mass is 32.2. The third-order valence-electron chi connectivity index (χ3n) is 4.67. The summed E-state index contributed by atoms with van der Waals surface area (Å²) in [5, 5.41) is 8.80. The molecule has 2 N–H and O–H groups in total. The van der Waals surface area contributed by atoms with Gasteiger partial charge in [0.05, 0.1) is 37.9 Å². The van der Waals surface area contributed by atoms with Crippen molar-refractivity contribution in [1.29, 1.82) is 0 Å². The lowest BCUT2D eigenvalue weighted by molar-refractivity contribution is 0.0332. The minimum Gasteiger partial charge on any atom is -0.444 e. The van der Waals surface area contributed by atoms with Crippen LogP contribution in [0.4, 0.5) is 4.79 Å². The van der Waals surface area contributed by atoms with E-state index in [0.29, 0.717) is 13.1 Å². The van der Waals surface area contributed by atoms with Crippen molar-refractivity contribution in [1.82, 2.24) is 10.6 Å². The van der Waals surface area contributed by atoms with Crippen LogP contribution in [0, 0.1) is 0 Å². The summed E-state index contributed by atoms with van der Waals surface area (Å²) in [6.45, 7) is 7.11. The van der Waals surface area contributed by atoms with Crippen molar-refractivity contribution in [3.05, 3.63) is 40.3 Å². The monoisotopic (exact) mass is 557 g/mol. The summed E-state index contributed by atoms with van der Waals surface area (Å²) in [5.74, 6) is -0.374. The number of unbranched alkanes of at least 4 members (excludes halogenated alkanes) is 3. The fraction of sp³-hybridized carbons (Fsp3) is 0.667. The molecule has 0 aliphatic heterocycles. The van der Waals surface area contributed by atoms with Gasteiger partial charge in [-0.05, 0) is 57.3 Å². The van der Waals surface area contributed by atoms with Crippen molar-refractivity contribution in [2.75, 3.05) is 52.7 Å². The number of benzene rings is 1. The molecule has 0 aliphatic rings. The molecule has 14 heteroatoms. The van der Waals surface area contributed by atoms with Gasteiger partial charge in [0.15, 0.2) is 0 Å². The Morgan fingerprint density at radius 3 is 2.34 bits per heavy atom. The van der Waals surface area contributed by atoms with E-state index >= 15 is 0 Å². The number of nitrogens with zero attached hydrogens (tertiary/aromatic N) is 3. The van der Waals surface area contributed by atoms with Gasteiger partial charge in [-0.3, -0.25) is 8.98 Å². The molecule has 0 radical (unpaired) electrons. The minimum atomic E-state index is -4.06. The van der Waals surface area contributed by atoms with Crippen LogP contribution in [0.25, 0.3) is 10.4 Å². The van der Waals surface area contributed by atoms with Gasteiger partial charge < -0.3 is 24.8 Å². The Kier molecular flexibility index (Phi) is 16.0. The first-order valence-corrected chi connectivity index (χ1v) is 13.9. The first-order chi connectivity index (χ1) is 18.0. The molecule has 0 spiro atoms. The lowest BCUT2D eigenvalue weighted by Crippen LogP contribution is -2.34. The van der Waals surface area contributed by atoms with Gasteiger partial charge in [-0.15, -0.1) is 0 Å². The van der Waals surface area contributed by atoms with Gasteiger partial charge in [0.25, 0.3) is 16.0 Å². The Bertz CT molecular complexity index is 1010. The van der Waals surface area contributed by atoms with Gasteiger partial charge in [-0.25, -0.2) is 4.79 Å². The number of amides is 2. The molecule has 13 nitrogen and oxygen atoms in total. The predicted molar refractivity (Wildman–Crippen MR) is 140 cm³/mol. The zero-order valence-electron chi connectivity index (χ0n) is 22.3. The molecule has 0 aromatic heterocycles. The fourth-order valence-electron chi connectivity index (χ4n) is 2.93. The summed E-state index contributed by atoms with van der Waals surface area (Å²) in [6.07, 6.45) is 2.81. The molecule has 1 rings (SSSR count). The van der Waals surface area contributed by atoms with Crippen LogP contribution < -0.4 is 10.6 Å². The smallest absolute Gasteiger partial charge is 0.407 e. The highest BCUT2D eigenvalue weighted by molar-refractivity contribution is 7.86. The molecule has 0 saturated carbocycles. The minimum absolute atomic E-state index is 0.0296. The SMILES string of the molecule is CC(C)(C)OC(=O)NCCOCCOCCOS(=O)(=O)c1cccc(C(=O)NCCCCCCN=[N+]=[N-])c1. The summed E-state index contributed by atoms with van der Waals surface area (Å²) >= 11 is 0. The number of azide groups is 1. The van der Waals surface area contributed by atoms with Crippen LogP contribution in [-0.4, -0.2) is 78.7 Å². The highest BCUT2D eigenvalue weighted by Crippen LogP contribution is 2.14. The van der Waals surface area contributed by atoms with Crippen LogP contribution in [0.2, 0.25) is 0 Å². The van der Waals surface area contributed by atoms with Crippen LogP contribution in [-0.2, 0) is 28.5 Å². The first kappa shape index (κ1) is 33.1. The quantitative estimate of drug-likeness (QED) is 0.0852. The van der Waals surface area contributed by atoms with Crippen molar-refractivity contribution in [2.45, 2.75) is 57.0 Å². The second-order valence-electron chi connectivity index (χ2n) is 9.08. The van der Waals surface area contributed by atoms with E-state index in [1.807, 2.05) is 0 Å².